The maximum absolute atomic E-state index is 12.1. The van der Waals surface area contributed by atoms with Crippen LogP contribution in [-0.4, -0.2) is 26.3 Å². The number of hydrogen-bond donors (Lipinski definition) is 3. The van der Waals surface area contributed by atoms with Crippen LogP contribution in [0.25, 0.3) is 0 Å². The fourth-order valence-corrected chi connectivity index (χ4v) is 2.61. The number of hydrazine groups is 1. The van der Waals surface area contributed by atoms with Crippen LogP contribution in [0.15, 0.2) is 29.2 Å². The lowest BCUT2D eigenvalue weighted by atomic mass is 9.99. The van der Waals surface area contributed by atoms with Crippen molar-refractivity contribution in [2.45, 2.75) is 51.0 Å². The lowest BCUT2D eigenvalue weighted by molar-refractivity contribution is -0.139. The Hall–Kier alpha value is -1.93. The predicted octanol–water partition coefficient (Wildman–Crippen LogP) is 1.03. The zero-order valence-corrected chi connectivity index (χ0v) is 14.5. The summed E-state index contributed by atoms with van der Waals surface area (Å²) in [6.07, 6.45) is 0.950. The molecule has 0 heterocycles. The zero-order valence-electron chi connectivity index (χ0n) is 13.7. The molecule has 0 spiro atoms. The minimum absolute atomic E-state index is 0.00845. The highest BCUT2D eigenvalue weighted by Gasteiger charge is 2.19. The molecule has 1 aromatic carbocycles. The van der Waals surface area contributed by atoms with Gasteiger partial charge in [0.05, 0.1) is 4.90 Å². The minimum Gasteiger partial charge on any atom is -0.346 e. The monoisotopic (exact) mass is 341 g/mol. The van der Waals surface area contributed by atoms with E-state index in [0.717, 1.165) is 12.0 Å². The first-order chi connectivity index (χ1) is 10.7. The first-order valence-corrected chi connectivity index (χ1v) is 8.88. The number of amides is 2. The molecule has 0 saturated carbocycles. The highest BCUT2D eigenvalue weighted by atomic mass is 32.2. The van der Waals surface area contributed by atoms with Gasteiger partial charge in [0, 0.05) is 6.04 Å². The molecule has 128 valence electrons. The van der Waals surface area contributed by atoms with Crippen molar-refractivity contribution >= 4 is 21.8 Å². The van der Waals surface area contributed by atoms with E-state index >= 15 is 0 Å². The average molecular weight is 341 g/mol. The van der Waals surface area contributed by atoms with Crippen molar-refractivity contribution in [1.82, 2.24) is 15.6 Å². The maximum Gasteiger partial charge on any atom is 0.324 e. The standard InChI is InChI=1S/C15H23N3O4S/c1-5-11(4)12-6-8-13(9-7-12)23(21,22)18-17-15(20)14(19)16-10(2)3/h6-11,18H,5H2,1-4H3,(H,16,19)(H,17,20)/t11-/m1/s1. The number of rotatable bonds is 6. The molecule has 0 aliphatic rings. The molecule has 1 atom stereocenters. The first kappa shape index (κ1) is 19.1. The molecule has 0 bridgehead atoms. The molecule has 3 N–H and O–H groups in total. The second-order valence-corrected chi connectivity index (χ2v) is 7.25. The largest absolute Gasteiger partial charge is 0.346 e. The predicted molar refractivity (Wildman–Crippen MR) is 86.9 cm³/mol. The second-order valence-electron chi connectivity index (χ2n) is 5.57. The molecule has 0 aliphatic heterocycles. The zero-order chi connectivity index (χ0) is 17.6. The summed E-state index contributed by atoms with van der Waals surface area (Å²) in [5.41, 5.74) is 2.92. The van der Waals surface area contributed by atoms with Crippen LogP contribution in [-0.2, 0) is 19.6 Å². The molecule has 0 fully saturated rings. The highest BCUT2D eigenvalue weighted by Crippen LogP contribution is 2.20. The fourth-order valence-electron chi connectivity index (χ4n) is 1.77. The molecule has 8 heteroatoms. The summed E-state index contributed by atoms with van der Waals surface area (Å²) in [5, 5.41) is 2.36. The summed E-state index contributed by atoms with van der Waals surface area (Å²) in [6.45, 7) is 7.48. The summed E-state index contributed by atoms with van der Waals surface area (Å²) in [7, 11) is -3.93. The summed E-state index contributed by atoms with van der Waals surface area (Å²) in [5.74, 6) is -1.65. The molecule has 0 unspecified atom stereocenters. The molecule has 0 aliphatic carbocycles. The van der Waals surface area contributed by atoms with Crippen LogP contribution in [0.3, 0.4) is 0 Å². The van der Waals surface area contributed by atoms with Crippen LogP contribution in [0.1, 0.15) is 45.6 Å². The third-order valence-corrected chi connectivity index (χ3v) is 4.56. The minimum atomic E-state index is -3.93. The van der Waals surface area contributed by atoms with E-state index in [-0.39, 0.29) is 10.9 Å². The number of nitrogens with one attached hydrogen (secondary N) is 3. The van der Waals surface area contributed by atoms with Gasteiger partial charge in [-0.2, -0.15) is 0 Å². The van der Waals surface area contributed by atoms with Gasteiger partial charge in [-0.15, -0.1) is 4.83 Å². The lowest BCUT2D eigenvalue weighted by Crippen LogP contribution is -2.49. The van der Waals surface area contributed by atoms with Gasteiger partial charge in [-0.05, 0) is 43.9 Å². The van der Waals surface area contributed by atoms with Gasteiger partial charge in [0.2, 0.25) is 0 Å². The van der Waals surface area contributed by atoms with E-state index in [9.17, 15) is 18.0 Å². The first-order valence-electron chi connectivity index (χ1n) is 7.40. The van der Waals surface area contributed by atoms with Crippen molar-refractivity contribution in [2.24, 2.45) is 0 Å². The molecule has 0 saturated heterocycles. The van der Waals surface area contributed by atoms with E-state index in [4.69, 9.17) is 0 Å². The van der Waals surface area contributed by atoms with Crippen molar-refractivity contribution in [2.75, 3.05) is 0 Å². The summed E-state index contributed by atoms with van der Waals surface area (Å²) >= 11 is 0. The van der Waals surface area contributed by atoms with E-state index in [1.807, 2.05) is 10.3 Å². The second kappa shape index (κ2) is 8.07. The van der Waals surface area contributed by atoms with E-state index < -0.39 is 21.8 Å². The average Bonchev–Trinajstić information content (AvgIpc) is 2.51. The third kappa shape index (κ3) is 5.65. The molecular weight excluding hydrogens is 318 g/mol. The molecule has 0 aromatic heterocycles. The van der Waals surface area contributed by atoms with Gasteiger partial charge >= 0.3 is 11.8 Å². The maximum atomic E-state index is 12.1. The number of carbonyl (C=O) groups excluding carboxylic acids is 2. The Balaban J connectivity index is 2.72. The number of benzene rings is 1. The molecule has 23 heavy (non-hydrogen) atoms. The van der Waals surface area contributed by atoms with E-state index in [1.54, 1.807) is 26.0 Å². The Morgan fingerprint density at radius 2 is 1.61 bits per heavy atom. The highest BCUT2D eigenvalue weighted by molar-refractivity contribution is 7.89. The Labute approximate surface area is 136 Å². The number of carbonyl (C=O) groups is 2. The van der Waals surface area contributed by atoms with Crippen molar-refractivity contribution in [1.29, 1.82) is 0 Å². The molecule has 1 rings (SSSR count). The molecule has 7 nitrogen and oxygen atoms in total. The fraction of sp³-hybridized carbons (Fsp3) is 0.467. The van der Waals surface area contributed by atoms with E-state index in [1.165, 1.54) is 12.1 Å². The van der Waals surface area contributed by atoms with Gasteiger partial charge in [-0.3, -0.25) is 15.0 Å². The van der Waals surface area contributed by atoms with Gasteiger partial charge in [-0.25, -0.2) is 8.42 Å². The van der Waals surface area contributed by atoms with Gasteiger partial charge in [0.25, 0.3) is 10.0 Å². The Morgan fingerprint density at radius 1 is 1.04 bits per heavy atom. The molecule has 0 radical (unpaired) electrons. The van der Waals surface area contributed by atoms with Gasteiger partial charge in [0.15, 0.2) is 0 Å². The Bertz CT molecular complexity index is 654. The smallest absolute Gasteiger partial charge is 0.324 e. The quantitative estimate of drug-likeness (QED) is 0.531. The molecule has 1 aromatic rings. The third-order valence-electron chi connectivity index (χ3n) is 3.30. The number of hydrogen-bond acceptors (Lipinski definition) is 4. The van der Waals surface area contributed by atoms with E-state index in [0.29, 0.717) is 5.92 Å². The summed E-state index contributed by atoms with van der Waals surface area (Å²) in [4.78, 5) is 24.8. The van der Waals surface area contributed by atoms with Crippen molar-refractivity contribution in [3.05, 3.63) is 29.8 Å². The van der Waals surface area contributed by atoms with Crippen LogP contribution >= 0.6 is 0 Å². The van der Waals surface area contributed by atoms with E-state index in [2.05, 4.69) is 19.2 Å². The normalized spacial score (nSPS) is 12.7. The van der Waals surface area contributed by atoms with Crippen LogP contribution in [0.5, 0.6) is 0 Å². The molecule has 2 amide bonds. The van der Waals surface area contributed by atoms with Gasteiger partial charge in [-0.1, -0.05) is 26.0 Å². The summed E-state index contributed by atoms with van der Waals surface area (Å²) in [6, 6.07) is 6.17. The van der Waals surface area contributed by atoms with Crippen LogP contribution in [0.4, 0.5) is 0 Å². The lowest BCUT2D eigenvalue weighted by Gasteiger charge is -2.12. The van der Waals surface area contributed by atoms with Crippen molar-refractivity contribution < 1.29 is 18.0 Å². The van der Waals surface area contributed by atoms with Crippen molar-refractivity contribution in [3.63, 3.8) is 0 Å². The Morgan fingerprint density at radius 3 is 2.09 bits per heavy atom. The number of sulfonamides is 1. The van der Waals surface area contributed by atoms with Crippen LogP contribution in [0, 0.1) is 0 Å². The Kier molecular flexibility index (Phi) is 6.71. The summed E-state index contributed by atoms with van der Waals surface area (Å²) < 4.78 is 24.1. The van der Waals surface area contributed by atoms with Crippen LogP contribution < -0.4 is 15.6 Å². The molecular formula is C15H23N3O4S. The van der Waals surface area contributed by atoms with Gasteiger partial charge in [0.1, 0.15) is 0 Å². The SMILES string of the molecule is CC[C@@H](C)c1ccc(S(=O)(=O)NNC(=O)C(=O)NC(C)C)cc1. The van der Waals surface area contributed by atoms with Crippen LogP contribution in [0.2, 0.25) is 0 Å². The topological polar surface area (TPSA) is 104 Å². The van der Waals surface area contributed by atoms with Crippen molar-refractivity contribution in [3.8, 4) is 0 Å². The van der Waals surface area contributed by atoms with Gasteiger partial charge < -0.3 is 5.32 Å².